The molecule has 1 aromatic carbocycles. The van der Waals surface area contributed by atoms with Crippen molar-refractivity contribution in [2.24, 2.45) is 5.73 Å². The summed E-state index contributed by atoms with van der Waals surface area (Å²) in [6.07, 6.45) is 1.18. The number of amides is 1. The smallest absolute Gasteiger partial charge is 0.264 e. The van der Waals surface area contributed by atoms with Gasteiger partial charge in [0.2, 0.25) is 0 Å². The molecule has 1 heterocycles. The molecule has 0 unspecified atom stereocenters. The van der Waals surface area contributed by atoms with Crippen LogP contribution in [0.5, 0.6) is 0 Å². The van der Waals surface area contributed by atoms with Crippen molar-refractivity contribution in [3.63, 3.8) is 0 Å². The number of hydrogen-bond acceptors (Lipinski definition) is 3. The average Bonchev–Trinajstić information content (AvgIpc) is 2.29. The summed E-state index contributed by atoms with van der Waals surface area (Å²) in [4.78, 5) is 28.8. The predicted octanol–water partition coefficient (Wildman–Crippen LogP) is 0.958. The van der Waals surface area contributed by atoms with Gasteiger partial charge in [-0.3, -0.25) is 9.59 Å². The molecule has 1 aromatic heterocycles. The van der Waals surface area contributed by atoms with E-state index in [2.05, 4.69) is 9.97 Å². The Labute approximate surface area is 103 Å². The van der Waals surface area contributed by atoms with Crippen LogP contribution in [0.1, 0.15) is 10.4 Å². The molecule has 0 bridgehead atoms. The number of nitrogens with zero attached hydrogens (tertiary/aromatic N) is 1. The number of hydrogen-bond donors (Lipinski definition) is 2. The Balaban J connectivity index is 0.00000144. The topological polar surface area (TPSA) is 88.8 Å². The Bertz CT molecular complexity index is 581. The molecule has 1 amide bonds. The Morgan fingerprint density at radius 3 is 2.41 bits per heavy atom. The third kappa shape index (κ3) is 2.70. The molecule has 0 aliphatic carbocycles. The largest absolute Gasteiger partial charge is 0.365 e. The summed E-state index contributed by atoms with van der Waals surface area (Å²) in [5.41, 5.74) is 5.11. The van der Waals surface area contributed by atoms with Crippen LogP contribution in [0.2, 0.25) is 0 Å². The Kier molecular flexibility index (Phi) is 4.01. The van der Waals surface area contributed by atoms with Gasteiger partial charge in [-0.1, -0.05) is 30.3 Å². The van der Waals surface area contributed by atoms with Crippen molar-refractivity contribution >= 4 is 18.3 Å². The lowest BCUT2D eigenvalue weighted by molar-refractivity contribution is 0.0998. The van der Waals surface area contributed by atoms with Crippen molar-refractivity contribution in [1.82, 2.24) is 9.97 Å². The summed E-state index contributed by atoms with van der Waals surface area (Å²) in [5, 5.41) is 0. The number of primary amides is 1. The van der Waals surface area contributed by atoms with E-state index in [1.807, 2.05) is 30.3 Å². The van der Waals surface area contributed by atoms with Gasteiger partial charge in [0.15, 0.2) is 0 Å². The average molecular weight is 252 g/mol. The number of aromatic nitrogens is 2. The zero-order chi connectivity index (χ0) is 11.5. The second kappa shape index (κ2) is 5.27. The molecule has 0 fully saturated rings. The number of rotatable bonds is 2. The monoisotopic (exact) mass is 251 g/mol. The highest BCUT2D eigenvalue weighted by atomic mass is 35.5. The Morgan fingerprint density at radius 1 is 1.24 bits per heavy atom. The summed E-state index contributed by atoms with van der Waals surface area (Å²) in [6.45, 7) is 0. The predicted molar refractivity (Wildman–Crippen MR) is 66.1 cm³/mol. The molecule has 2 aromatic rings. The Morgan fingerprint density at radius 2 is 1.88 bits per heavy atom. The van der Waals surface area contributed by atoms with Gasteiger partial charge in [-0.2, -0.15) is 0 Å². The van der Waals surface area contributed by atoms with Crippen molar-refractivity contribution in [1.29, 1.82) is 0 Å². The molecule has 0 saturated carbocycles. The lowest BCUT2D eigenvalue weighted by Crippen LogP contribution is -2.24. The van der Waals surface area contributed by atoms with E-state index in [9.17, 15) is 9.59 Å². The summed E-state index contributed by atoms with van der Waals surface area (Å²) >= 11 is 0. The highest BCUT2D eigenvalue weighted by Gasteiger charge is 2.08. The van der Waals surface area contributed by atoms with Crippen LogP contribution in [0.4, 0.5) is 0 Å². The zero-order valence-electron chi connectivity index (χ0n) is 8.71. The van der Waals surface area contributed by atoms with Crippen molar-refractivity contribution in [2.75, 3.05) is 0 Å². The molecule has 0 atom stereocenters. The summed E-state index contributed by atoms with van der Waals surface area (Å²) in [6, 6.07) is 9.14. The fraction of sp³-hybridized carbons (Fsp3) is 0. The van der Waals surface area contributed by atoms with E-state index in [-0.39, 0.29) is 18.0 Å². The maximum absolute atomic E-state index is 11.5. The van der Waals surface area contributed by atoms with Crippen LogP contribution in [-0.2, 0) is 0 Å². The van der Waals surface area contributed by atoms with Gasteiger partial charge >= 0.3 is 0 Å². The minimum absolute atomic E-state index is 0. The molecule has 5 nitrogen and oxygen atoms in total. The maximum atomic E-state index is 11.5. The first-order valence-electron chi connectivity index (χ1n) is 4.63. The van der Waals surface area contributed by atoms with Gasteiger partial charge in [0.1, 0.15) is 11.4 Å². The third-order valence-corrected chi connectivity index (χ3v) is 2.11. The van der Waals surface area contributed by atoms with Gasteiger partial charge in [-0.25, -0.2) is 4.98 Å². The molecule has 0 aliphatic rings. The number of nitrogens with two attached hydrogens (primary N) is 1. The lowest BCUT2D eigenvalue weighted by atomic mass is 10.2. The van der Waals surface area contributed by atoms with Gasteiger partial charge in [0, 0.05) is 11.8 Å². The van der Waals surface area contributed by atoms with Crippen molar-refractivity contribution < 1.29 is 4.79 Å². The minimum Gasteiger partial charge on any atom is -0.365 e. The van der Waals surface area contributed by atoms with Crippen molar-refractivity contribution in [3.05, 3.63) is 52.4 Å². The van der Waals surface area contributed by atoms with E-state index in [0.717, 1.165) is 5.56 Å². The summed E-state index contributed by atoms with van der Waals surface area (Å²) in [5.74, 6) is -0.371. The SMILES string of the molecule is Cl.NC(=O)c1cnc(-c2ccccc2)[nH]c1=O. The number of carbonyl (C=O) groups is 1. The fourth-order valence-electron chi connectivity index (χ4n) is 1.31. The van der Waals surface area contributed by atoms with Gasteiger partial charge in [-0.15, -0.1) is 12.4 Å². The van der Waals surface area contributed by atoms with Gasteiger partial charge < -0.3 is 10.7 Å². The fourth-order valence-corrected chi connectivity index (χ4v) is 1.31. The molecule has 17 heavy (non-hydrogen) atoms. The van der Waals surface area contributed by atoms with E-state index in [0.29, 0.717) is 5.82 Å². The van der Waals surface area contributed by atoms with Crippen LogP contribution in [0.3, 0.4) is 0 Å². The number of benzene rings is 1. The first-order chi connectivity index (χ1) is 7.68. The lowest BCUT2D eigenvalue weighted by Gasteiger charge is -2.00. The van der Waals surface area contributed by atoms with E-state index in [1.165, 1.54) is 6.20 Å². The van der Waals surface area contributed by atoms with Gasteiger partial charge in [0.05, 0.1) is 0 Å². The van der Waals surface area contributed by atoms with Gasteiger partial charge in [-0.05, 0) is 0 Å². The van der Waals surface area contributed by atoms with E-state index in [1.54, 1.807) is 0 Å². The summed E-state index contributed by atoms with van der Waals surface area (Å²) in [7, 11) is 0. The second-order valence-corrected chi connectivity index (χ2v) is 3.20. The van der Waals surface area contributed by atoms with Gasteiger partial charge in [0.25, 0.3) is 11.5 Å². The number of halogens is 1. The molecule has 3 N–H and O–H groups in total. The van der Waals surface area contributed by atoms with E-state index in [4.69, 9.17) is 5.73 Å². The van der Waals surface area contributed by atoms with Crippen LogP contribution in [0.25, 0.3) is 11.4 Å². The number of H-pyrrole nitrogens is 1. The standard InChI is InChI=1S/C11H9N3O2.ClH/c12-9(15)8-6-13-10(14-11(8)16)7-4-2-1-3-5-7;/h1-6H,(H2,12,15)(H,13,14,16);1H. The first-order valence-corrected chi connectivity index (χ1v) is 4.63. The quantitative estimate of drug-likeness (QED) is 0.833. The second-order valence-electron chi connectivity index (χ2n) is 3.20. The minimum atomic E-state index is -0.784. The van der Waals surface area contributed by atoms with Crippen molar-refractivity contribution in [2.45, 2.75) is 0 Å². The molecular weight excluding hydrogens is 242 g/mol. The molecule has 2 rings (SSSR count). The van der Waals surface area contributed by atoms with Crippen LogP contribution >= 0.6 is 12.4 Å². The van der Waals surface area contributed by atoms with E-state index < -0.39 is 11.5 Å². The highest BCUT2D eigenvalue weighted by molar-refractivity contribution is 5.92. The first kappa shape index (κ1) is 12.9. The van der Waals surface area contributed by atoms with Crippen LogP contribution in [0.15, 0.2) is 41.3 Å². The number of nitrogens with one attached hydrogen (secondary N) is 1. The number of carbonyl (C=O) groups excluding carboxylic acids is 1. The molecule has 0 radical (unpaired) electrons. The number of aromatic amines is 1. The molecule has 0 aliphatic heterocycles. The maximum Gasteiger partial charge on any atom is 0.264 e. The van der Waals surface area contributed by atoms with Crippen LogP contribution in [0, 0.1) is 0 Å². The van der Waals surface area contributed by atoms with Crippen molar-refractivity contribution in [3.8, 4) is 11.4 Å². The normalized spacial score (nSPS) is 9.41. The zero-order valence-corrected chi connectivity index (χ0v) is 9.53. The highest BCUT2D eigenvalue weighted by Crippen LogP contribution is 2.11. The van der Waals surface area contributed by atoms with Crippen LogP contribution < -0.4 is 11.3 Å². The third-order valence-electron chi connectivity index (χ3n) is 2.11. The summed E-state index contributed by atoms with van der Waals surface area (Å²) < 4.78 is 0. The molecule has 0 saturated heterocycles. The van der Waals surface area contributed by atoms with E-state index >= 15 is 0 Å². The Hall–Kier alpha value is -2.14. The molecular formula is C11H10ClN3O2. The molecule has 0 spiro atoms. The van der Waals surface area contributed by atoms with Crippen LogP contribution in [-0.4, -0.2) is 15.9 Å². The molecule has 88 valence electrons. The molecule has 6 heteroatoms.